The monoisotopic (exact) mass is 329 g/mol. The number of anilines is 1. The van der Waals surface area contributed by atoms with Gasteiger partial charge in [0.25, 0.3) is 0 Å². The van der Waals surface area contributed by atoms with Gasteiger partial charge < -0.3 is 10.1 Å². The quantitative estimate of drug-likeness (QED) is 0.822. The highest BCUT2D eigenvalue weighted by Gasteiger charge is 2.31. The Labute approximate surface area is 129 Å². The van der Waals surface area contributed by atoms with Crippen LogP contribution in [0.1, 0.15) is 27.7 Å². The molecule has 0 radical (unpaired) electrons. The molecular weight excluding hydrogens is 315 g/mol. The van der Waals surface area contributed by atoms with Gasteiger partial charge in [-0.15, -0.1) is 24.5 Å². The van der Waals surface area contributed by atoms with E-state index in [1.54, 1.807) is 13.1 Å². The van der Waals surface area contributed by atoms with Crippen LogP contribution in [0.3, 0.4) is 0 Å². The second kappa shape index (κ2) is 6.39. The molecule has 0 bridgehead atoms. The van der Waals surface area contributed by atoms with E-state index in [1.807, 2.05) is 6.92 Å². The fraction of sp³-hybridized carbons (Fsp3) is 0.267. The molecule has 22 heavy (non-hydrogen) atoms. The average Bonchev–Trinajstić information content (AvgIpc) is 2.89. The molecule has 0 aliphatic rings. The van der Waals surface area contributed by atoms with Crippen molar-refractivity contribution >= 4 is 22.1 Å². The van der Waals surface area contributed by atoms with Gasteiger partial charge in [-0.25, -0.2) is 0 Å². The summed E-state index contributed by atoms with van der Waals surface area (Å²) >= 11 is 1.49. The highest BCUT2D eigenvalue weighted by Crippen LogP contribution is 2.30. The molecule has 0 atom stereocenters. The normalized spacial score (nSPS) is 11.3. The number of benzene rings is 1. The molecule has 0 saturated carbocycles. The van der Waals surface area contributed by atoms with Crippen molar-refractivity contribution in [3.05, 3.63) is 46.3 Å². The average molecular weight is 329 g/mol. The SMILES string of the molecule is CCc1cc(C(=O)c2ccc(OC(F)(F)F)cc2)c(NC)s1. The second-order valence-corrected chi connectivity index (χ2v) is 5.60. The van der Waals surface area contributed by atoms with Crippen LogP contribution in [0.25, 0.3) is 0 Å². The fourth-order valence-electron chi connectivity index (χ4n) is 1.93. The Kier molecular flexibility index (Phi) is 4.75. The van der Waals surface area contributed by atoms with Crippen molar-refractivity contribution < 1.29 is 22.7 Å². The first-order valence-corrected chi connectivity index (χ1v) is 7.36. The molecular formula is C15H14F3NO2S. The van der Waals surface area contributed by atoms with Gasteiger partial charge in [-0.1, -0.05) is 6.92 Å². The van der Waals surface area contributed by atoms with Crippen LogP contribution in [0.2, 0.25) is 0 Å². The lowest BCUT2D eigenvalue weighted by atomic mass is 10.0. The van der Waals surface area contributed by atoms with Gasteiger partial charge in [0.2, 0.25) is 0 Å². The molecule has 118 valence electrons. The molecule has 1 aromatic carbocycles. The van der Waals surface area contributed by atoms with E-state index in [4.69, 9.17) is 0 Å². The molecule has 7 heteroatoms. The zero-order chi connectivity index (χ0) is 16.3. The minimum atomic E-state index is -4.74. The topological polar surface area (TPSA) is 38.3 Å². The Morgan fingerprint density at radius 3 is 2.41 bits per heavy atom. The van der Waals surface area contributed by atoms with Crippen molar-refractivity contribution in [1.82, 2.24) is 0 Å². The zero-order valence-corrected chi connectivity index (χ0v) is 12.8. The van der Waals surface area contributed by atoms with Crippen molar-refractivity contribution in [2.24, 2.45) is 0 Å². The van der Waals surface area contributed by atoms with Crippen LogP contribution >= 0.6 is 11.3 Å². The van der Waals surface area contributed by atoms with Crippen LogP contribution in [0.5, 0.6) is 5.75 Å². The minimum Gasteiger partial charge on any atom is -0.406 e. The maximum atomic E-state index is 12.5. The van der Waals surface area contributed by atoms with Gasteiger partial charge in [0, 0.05) is 17.5 Å². The highest BCUT2D eigenvalue weighted by molar-refractivity contribution is 7.16. The molecule has 1 heterocycles. The molecule has 0 amide bonds. The fourth-order valence-corrected chi connectivity index (χ4v) is 2.88. The van der Waals surface area contributed by atoms with Crippen LogP contribution < -0.4 is 10.1 Å². The number of rotatable bonds is 5. The van der Waals surface area contributed by atoms with E-state index in [0.717, 1.165) is 28.4 Å². The predicted molar refractivity (Wildman–Crippen MR) is 79.8 cm³/mol. The number of nitrogens with one attached hydrogen (secondary N) is 1. The number of carbonyl (C=O) groups excluding carboxylic acids is 1. The maximum absolute atomic E-state index is 12.5. The molecule has 2 aromatic rings. The summed E-state index contributed by atoms with van der Waals surface area (Å²) < 4.78 is 40.1. The van der Waals surface area contributed by atoms with Crippen LogP contribution in [0.4, 0.5) is 18.2 Å². The Hall–Kier alpha value is -2.02. The van der Waals surface area contributed by atoms with Gasteiger partial charge in [-0.3, -0.25) is 4.79 Å². The summed E-state index contributed by atoms with van der Waals surface area (Å²) in [4.78, 5) is 13.5. The van der Waals surface area contributed by atoms with Crippen molar-refractivity contribution in [3.63, 3.8) is 0 Å². The Morgan fingerprint density at radius 2 is 1.91 bits per heavy atom. The zero-order valence-electron chi connectivity index (χ0n) is 12.0. The molecule has 0 aliphatic heterocycles. The lowest BCUT2D eigenvalue weighted by Crippen LogP contribution is -2.17. The third-order valence-corrected chi connectivity index (χ3v) is 4.25. The molecule has 2 rings (SSSR count). The van der Waals surface area contributed by atoms with E-state index in [1.165, 1.54) is 23.5 Å². The summed E-state index contributed by atoms with van der Waals surface area (Å²) in [5.41, 5.74) is 0.834. The summed E-state index contributed by atoms with van der Waals surface area (Å²) in [6.45, 7) is 1.99. The highest BCUT2D eigenvalue weighted by atomic mass is 32.1. The first-order chi connectivity index (χ1) is 10.3. The van der Waals surface area contributed by atoms with E-state index in [0.29, 0.717) is 11.1 Å². The lowest BCUT2D eigenvalue weighted by molar-refractivity contribution is -0.274. The van der Waals surface area contributed by atoms with E-state index < -0.39 is 6.36 Å². The molecule has 1 N–H and O–H groups in total. The van der Waals surface area contributed by atoms with Gasteiger partial charge in [0.15, 0.2) is 5.78 Å². The number of aryl methyl sites for hydroxylation is 1. The molecule has 0 saturated heterocycles. The summed E-state index contributed by atoms with van der Waals surface area (Å²) in [6.07, 6.45) is -3.93. The van der Waals surface area contributed by atoms with Crippen molar-refractivity contribution in [3.8, 4) is 5.75 Å². The lowest BCUT2D eigenvalue weighted by Gasteiger charge is -2.09. The standard InChI is InChI=1S/C15H14F3NO2S/c1-3-11-8-12(14(19-2)22-11)13(20)9-4-6-10(7-5-9)21-15(16,17)18/h4-8,19H,3H2,1-2H3. The number of carbonyl (C=O) groups is 1. The first-order valence-electron chi connectivity index (χ1n) is 6.55. The number of ketones is 1. The number of alkyl halides is 3. The largest absolute Gasteiger partial charge is 0.573 e. The Morgan fingerprint density at radius 1 is 1.27 bits per heavy atom. The van der Waals surface area contributed by atoms with Crippen LogP contribution in [-0.4, -0.2) is 19.2 Å². The molecule has 0 fully saturated rings. The predicted octanol–water partition coefficient (Wildman–Crippen LogP) is 4.48. The van der Waals surface area contributed by atoms with Gasteiger partial charge in [-0.2, -0.15) is 0 Å². The van der Waals surface area contributed by atoms with E-state index in [-0.39, 0.29) is 11.5 Å². The Balaban J connectivity index is 2.24. The number of hydrogen-bond acceptors (Lipinski definition) is 4. The molecule has 1 aromatic heterocycles. The van der Waals surface area contributed by atoms with Crippen molar-refractivity contribution in [1.29, 1.82) is 0 Å². The molecule has 0 unspecified atom stereocenters. The third-order valence-electron chi connectivity index (χ3n) is 2.95. The second-order valence-electron chi connectivity index (χ2n) is 4.46. The molecule has 0 aliphatic carbocycles. The van der Waals surface area contributed by atoms with E-state index in [9.17, 15) is 18.0 Å². The maximum Gasteiger partial charge on any atom is 0.573 e. The van der Waals surface area contributed by atoms with E-state index >= 15 is 0 Å². The van der Waals surface area contributed by atoms with Crippen LogP contribution in [0.15, 0.2) is 30.3 Å². The van der Waals surface area contributed by atoms with E-state index in [2.05, 4.69) is 10.1 Å². The third kappa shape index (κ3) is 3.79. The first kappa shape index (κ1) is 16.4. The number of thiophene rings is 1. The van der Waals surface area contributed by atoms with Crippen LogP contribution in [0, 0.1) is 0 Å². The number of ether oxygens (including phenoxy) is 1. The summed E-state index contributed by atoms with van der Waals surface area (Å²) in [7, 11) is 1.72. The van der Waals surface area contributed by atoms with Gasteiger partial charge >= 0.3 is 6.36 Å². The minimum absolute atomic E-state index is 0.237. The van der Waals surface area contributed by atoms with Gasteiger partial charge in [-0.05, 0) is 36.8 Å². The molecule has 3 nitrogen and oxygen atoms in total. The van der Waals surface area contributed by atoms with Crippen LogP contribution in [-0.2, 0) is 6.42 Å². The summed E-state index contributed by atoms with van der Waals surface area (Å²) in [5.74, 6) is -0.587. The summed E-state index contributed by atoms with van der Waals surface area (Å²) in [6, 6.07) is 6.72. The summed E-state index contributed by atoms with van der Waals surface area (Å²) in [5, 5.41) is 3.72. The smallest absolute Gasteiger partial charge is 0.406 e. The van der Waals surface area contributed by atoms with Crippen molar-refractivity contribution in [2.75, 3.05) is 12.4 Å². The van der Waals surface area contributed by atoms with Gasteiger partial charge in [0.05, 0.1) is 10.6 Å². The Bertz CT molecular complexity index is 662. The number of hydrogen-bond donors (Lipinski definition) is 1. The van der Waals surface area contributed by atoms with Gasteiger partial charge in [0.1, 0.15) is 5.75 Å². The molecule has 0 spiro atoms. The van der Waals surface area contributed by atoms with Crippen molar-refractivity contribution in [2.45, 2.75) is 19.7 Å². The number of halogens is 3.